The molecule has 0 radical (unpaired) electrons. The molecule has 0 aliphatic heterocycles. The van der Waals surface area contributed by atoms with Gasteiger partial charge in [0.1, 0.15) is 0 Å². The number of carbonyl (C=O) groups excluding carboxylic acids is 1. The van der Waals surface area contributed by atoms with Gasteiger partial charge in [0.05, 0.1) is 6.42 Å². The summed E-state index contributed by atoms with van der Waals surface area (Å²) >= 11 is 4.69. The first kappa shape index (κ1) is 14.1. The fourth-order valence-electron chi connectivity index (χ4n) is 1.50. The lowest BCUT2D eigenvalue weighted by molar-refractivity contribution is -0.137. The van der Waals surface area contributed by atoms with E-state index in [2.05, 4.69) is 17.5 Å². The number of ketones is 1. The normalized spacial score (nSPS) is 11.6. The van der Waals surface area contributed by atoms with Gasteiger partial charge in [-0.1, -0.05) is 6.92 Å². The van der Waals surface area contributed by atoms with Crippen molar-refractivity contribution in [3.8, 4) is 0 Å². The Morgan fingerprint density at radius 2 is 1.94 bits per heavy atom. The lowest BCUT2D eigenvalue weighted by atomic mass is 9.96. The Hall–Kier alpha value is -1.95. The third-order valence-electron chi connectivity index (χ3n) is 2.37. The number of nitrogens with one attached hydrogen (secondary N) is 1. The summed E-state index contributed by atoms with van der Waals surface area (Å²) in [5.74, 6) is -1.72. The van der Waals surface area contributed by atoms with Crippen molar-refractivity contribution < 1.29 is 14.7 Å². The molecule has 0 spiro atoms. The molecule has 1 atom stereocenters. The highest BCUT2D eigenvalue weighted by Crippen LogP contribution is 2.15. The van der Waals surface area contributed by atoms with E-state index >= 15 is 0 Å². The van der Waals surface area contributed by atoms with E-state index < -0.39 is 11.9 Å². The molecule has 6 heteroatoms. The predicted octanol–water partition coefficient (Wildman–Crippen LogP) is 1.64. The van der Waals surface area contributed by atoms with E-state index in [9.17, 15) is 9.59 Å². The quantitative estimate of drug-likeness (QED) is 0.554. The van der Waals surface area contributed by atoms with Gasteiger partial charge in [0.25, 0.3) is 0 Å². The minimum atomic E-state index is -0.984. The molecule has 0 aliphatic carbocycles. The maximum absolute atomic E-state index is 11.9. The maximum Gasteiger partial charge on any atom is 0.304 e. The standard InChI is InChI=1S/C12H14N2O3S/c1-7(6-10(15)16)11(17)8-2-4-9(5-3-8)14-12(13)18/h2-5,7H,6H2,1H3,(H,15,16)(H3,13,14,18). The molecule has 0 fully saturated rings. The molecule has 1 aromatic carbocycles. The van der Waals surface area contributed by atoms with Crippen LogP contribution in [0.5, 0.6) is 0 Å². The van der Waals surface area contributed by atoms with Gasteiger partial charge in [-0.15, -0.1) is 0 Å². The molecule has 0 amide bonds. The first-order valence-corrected chi connectivity index (χ1v) is 5.73. The summed E-state index contributed by atoms with van der Waals surface area (Å²) in [5, 5.41) is 11.5. The zero-order valence-electron chi connectivity index (χ0n) is 9.84. The lowest BCUT2D eigenvalue weighted by Gasteiger charge is -2.09. The Bertz CT molecular complexity index is 471. The van der Waals surface area contributed by atoms with Crippen molar-refractivity contribution >= 4 is 34.8 Å². The highest BCUT2D eigenvalue weighted by Gasteiger charge is 2.17. The number of nitrogens with two attached hydrogens (primary N) is 1. The largest absolute Gasteiger partial charge is 0.481 e. The van der Waals surface area contributed by atoms with E-state index in [1.54, 1.807) is 31.2 Å². The first-order chi connectivity index (χ1) is 8.40. The predicted molar refractivity (Wildman–Crippen MR) is 72.6 cm³/mol. The van der Waals surface area contributed by atoms with Crippen molar-refractivity contribution in [2.75, 3.05) is 5.32 Å². The molecule has 0 bridgehead atoms. The van der Waals surface area contributed by atoms with Gasteiger partial charge in [-0.2, -0.15) is 0 Å². The maximum atomic E-state index is 11.9. The second kappa shape index (κ2) is 6.11. The average molecular weight is 266 g/mol. The number of hydrogen-bond donors (Lipinski definition) is 3. The highest BCUT2D eigenvalue weighted by molar-refractivity contribution is 7.80. The minimum Gasteiger partial charge on any atom is -0.481 e. The van der Waals surface area contributed by atoms with Crippen LogP contribution >= 0.6 is 12.2 Å². The van der Waals surface area contributed by atoms with Crippen LogP contribution in [0.1, 0.15) is 23.7 Å². The van der Waals surface area contributed by atoms with Gasteiger partial charge < -0.3 is 16.2 Å². The van der Waals surface area contributed by atoms with E-state index in [4.69, 9.17) is 10.8 Å². The Labute approximate surface area is 110 Å². The summed E-state index contributed by atoms with van der Waals surface area (Å²) in [5.41, 5.74) is 6.47. The van der Waals surface area contributed by atoms with Crippen LogP contribution in [0.4, 0.5) is 5.69 Å². The smallest absolute Gasteiger partial charge is 0.304 e. The van der Waals surface area contributed by atoms with Gasteiger partial charge >= 0.3 is 5.97 Å². The van der Waals surface area contributed by atoms with Crippen molar-refractivity contribution in [2.45, 2.75) is 13.3 Å². The van der Waals surface area contributed by atoms with Gasteiger partial charge in [0, 0.05) is 17.2 Å². The SMILES string of the molecule is CC(CC(=O)O)C(=O)c1ccc(NC(N)=S)cc1. The van der Waals surface area contributed by atoms with Crippen LogP contribution in [0.2, 0.25) is 0 Å². The first-order valence-electron chi connectivity index (χ1n) is 5.32. The number of carbonyl (C=O) groups is 2. The van der Waals surface area contributed by atoms with Crippen LogP contribution in [0.25, 0.3) is 0 Å². The number of benzene rings is 1. The van der Waals surface area contributed by atoms with Crippen molar-refractivity contribution in [3.05, 3.63) is 29.8 Å². The summed E-state index contributed by atoms with van der Waals surface area (Å²) in [6, 6.07) is 6.56. The van der Waals surface area contributed by atoms with Crippen LogP contribution in [-0.2, 0) is 4.79 Å². The van der Waals surface area contributed by atoms with Crippen LogP contribution in [0, 0.1) is 5.92 Å². The highest BCUT2D eigenvalue weighted by atomic mass is 32.1. The molecule has 5 nitrogen and oxygen atoms in total. The minimum absolute atomic E-state index is 0.147. The monoisotopic (exact) mass is 266 g/mol. The van der Waals surface area contributed by atoms with Gasteiger partial charge in [-0.3, -0.25) is 9.59 Å². The molecule has 0 saturated carbocycles. The Balaban J connectivity index is 2.75. The zero-order chi connectivity index (χ0) is 13.7. The van der Waals surface area contributed by atoms with Crippen LogP contribution in [0.15, 0.2) is 24.3 Å². The Kier molecular flexibility index (Phi) is 4.79. The Morgan fingerprint density at radius 3 is 2.39 bits per heavy atom. The van der Waals surface area contributed by atoms with Crippen molar-refractivity contribution in [1.82, 2.24) is 0 Å². The van der Waals surface area contributed by atoms with E-state index in [1.165, 1.54) is 0 Å². The fourth-order valence-corrected chi connectivity index (χ4v) is 1.62. The molecule has 4 N–H and O–H groups in total. The molecular weight excluding hydrogens is 252 g/mol. The topological polar surface area (TPSA) is 92.4 Å². The molecule has 1 rings (SSSR count). The summed E-state index contributed by atoms with van der Waals surface area (Å²) in [4.78, 5) is 22.4. The average Bonchev–Trinajstić information content (AvgIpc) is 2.27. The molecular formula is C12H14N2O3S. The fraction of sp³-hybridized carbons (Fsp3) is 0.250. The molecule has 18 heavy (non-hydrogen) atoms. The van der Waals surface area contributed by atoms with Gasteiger partial charge in [0.2, 0.25) is 0 Å². The summed E-state index contributed by atoms with van der Waals surface area (Å²) < 4.78 is 0. The molecule has 0 aromatic heterocycles. The molecule has 0 saturated heterocycles. The molecule has 1 aromatic rings. The Morgan fingerprint density at radius 1 is 1.39 bits per heavy atom. The second-order valence-electron chi connectivity index (χ2n) is 3.93. The second-order valence-corrected chi connectivity index (χ2v) is 4.37. The number of carboxylic acids is 1. The van der Waals surface area contributed by atoms with E-state index in [-0.39, 0.29) is 17.3 Å². The van der Waals surface area contributed by atoms with Crippen LogP contribution in [-0.4, -0.2) is 22.0 Å². The van der Waals surface area contributed by atoms with E-state index in [0.29, 0.717) is 11.3 Å². The van der Waals surface area contributed by atoms with E-state index in [1.807, 2.05) is 0 Å². The van der Waals surface area contributed by atoms with E-state index in [0.717, 1.165) is 0 Å². The summed E-state index contributed by atoms with van der Waals surface area (Å²) in [6.07, 6.45) is -0.175. The summed E-state index contributed by atoms with van der Waals surface area (Å²) in [7, 11) is 0. The molecule has 1 unspecified atom stereocenters. The number of carboxylic acid groups (broad SMARTS) is 1. The zero-order valence-corrected chi connectivity index (χ0v) is 10.7. The van der Waals surface area contributed by atoms with Crippen molar-refractivity contribution in [2.24, 2.45) is 11.7 Å². The van der Waals surface area contributed by atoms with Gasteiger partial charge in [-0.05, 0) is 36.5 Å². The van der Waals surface area contributed by atoms with Crippen LogP contribution in [0.3, 0.4) is 0 Å². The van der Waals surface area contributed by atoms with Gasteiger partial charge in [-0.25, -0.2) is 0 Å². The summed E-state index contributed by atoms with van der Waals surface area (Å²) in [6.45, 7) is 1.59. The number of Topliss-reactive ketones (excluding diaryl/α,β-unsaturated/α-hetero) is 1. The number of rotatable bonds is 5. The van der Waals surface area contributed by atoms with Crippen molar-refractivity contribution in [1.29, 1.82) is 0 Å². The molecule has 0 heterocycles. The number of hydrogen-bond acceptors (Lipinski definition) is 3. The lowest BCUT2D eigenvalue weighted by Crippen LogP contribution is -2.19. The number of thiocarbonyl (C=S) groups is 1. The number of aliphatic carboxylic acids is 1. The van der Waals surface area contributed by atoms with Crippen LogP contribution < -0.4 is 11.1 Å². The third kappa shape index (κ3) is 4.14. The molecule has 96 valence electrons. The van der Waals surface area contributed by atoms with Gasteiger partial charge in [0.15, 0.2) is 10.9 Å². The van der Waals surface area contributed by atoms with Crippen molar-refractivity contribution in [3.63, 3.8) is 0 Å². The number of anilines is 1. The molecule has 0 aliphatic rings. The third-order valence-corrected chi connectivity index (χ3v) is 2.47.